The summed E-state index contributed by atoms with van der Waals surface area (Å²) in [6, 6.07) is 12.0. The molecule has 7 heteroatoms. The van der Waals surface area contributed by atoms with E-state index in [1.165, 1.54) is 0 Å². The normalized spacial score (nSPS) is 11.3. The molecule has 0 bridgehead atoms. The number of carbonyl (C=O) groups is 2. The van der Waals surface area contributed by atoms with Crippen LogP contribution in [-0.4, -0.2) is 31.8 Å². The van der Waals surface area contributed by atoms with Crippen LogP contribution in [0.15, 0.2) is 42.5 Å². The first-order chi connectivity index (χ1) is 14.0. The number of amides is 2. The topological polar surface area (TPSA) is 85.9 Å². The van der Waals surface area contributed by atoms with Crippen molar-refractivity contribution in [2.45, 2.75) is 33.7 Å². The third-order valence-electron chi connectivity index (χ3n) is 4.08. The molecule has 0 saturated heterocycles. The number of anilines is 1. The van der Waals surface area contributed by atoms with Crippen LogP contribution in [0.4, 0.5) is 10.5 Å². The lowest BCUT2D eigenvalue weighted by molar-refractivity contribution is 0.0939. The molecule has 0 spiro atoms. The van der Waals surface area contributed by atoms with Crippen molar-refractivity contribution in [3.8, 4) is 11.5 Å². The van der Waals surface area contributed by atoms with Gasteiger partial charge < -0.3 is 19.5 Å². The standard InChI is InChI=1S/C22H28N2O5/c1-5-27-19-13-10-17(14-20(19)28-6-2)15(4)23-21(25)16-8-11-18(12-9-16)24-22(26)29-7-3/h8-15H,5-7H2,1-4H3,(H,23,25)(H,24,26)/t15-/m1/s1. The summed E-state index contributed by atoms with van der Waals surface area (Å²) in [7, 11) is 0. The van der Waals surface area contributed by atoms with Gasteiger partial charge in [-0.3, -0.25) is 10.1 Å². The van der Waals surface area contributed by atoms with Crippen molar-refractivity contribution >= 4 is 17.7 Å². The number of hydrogen-bond acceptors (Lipinski definition) is 5. The minimum Gasteiger partial charge on any atom is -0.490 e. The molecule has 2 rings (SSSR count). The quantitative estimate of drug-likeness (QED) is 0.645. The van der Waals surface area contributed by atoms with Crippen LogP contribution in [0.2, 0.25) is 0 Å². The van der Waals surface area contributed by atoms with Crippen molar-refractivity contribution in [1.82, 2.24) is 5.32 Å². The molecule has 156 valence electrons. The Morgan fingerprint density at radius 3 is 2.17 bits per heavy atom. The summed E-state index contributed by atoms with van der Waals surface area (Å²) in [5, 5.41) is 5.56. The van der Waals surface area contributed by atoms with Gasteiger partial charge in [-0.15, -0.1) is 0 Å². The molecule has 2 amide bonds. The van der Waals surface area contributed by atoms with E-state index in [4.69, 9.17) is 14.2 Å². The first-order valence-corrected chi connectivity index (χ1v) is 9.72. The van der Waals surface area contributed by atoms with Crippen molar-refractivity contribution in [2.75, 3.05) is 25.1 Å². The molecular weight excluding hydrogens is 372 g/mol. The molecule has 0 heterocycles. The number of ether oxygens (including phenoxy) is 3. The molecule has 0 aromatic heterocycles. The van der Waals surface area contributed by atoms with Crippen LogP contribution in [0.1, 0.15) is 49.7 Å². The summed E-state index contributed by atoms with van der Waals surface area (Å²) < 4.78 is 16.1. The lowest BCUT2D eigenvalue weighted by atomic mass is 10.1. The second-order valence-electron chi connectivity index (χ2n) is 6.19. The van der Waals surface area contributed by atoms with Gasteiger partial charge in [-0.2, -0.15) is 0 Å². The summed E-state index contributed by atoms with van der Waals surface area (Å²) in [6.45, 7) is 8.83. The van der Waals surface area contributed by atoms with Gasteiger partial charge >= 0.3 is 6.09 Å². The zero-order valence-electron chi connectivity index (χ0n) is 17.3. The molecule has 0 saturated carbocycles. The maximum atomic E-state index is 12.6. The van der Waals surface area contributed by atoms with Crippen LogP contribution < -0.4 is 20.1 Å². The van der Waals surface area contributed by atoms with Gasteiger partial charge in [0.1, 0.15) is 0 Å². The number of hydrogen-bond donors (Lipinski definition) is 2. The summed E-state index contributed by atoms with van der Waals surface area (Å²) in [6.07, 6.45) is -0.529. The predicted molar refractivity (Wildman–Crippen MR) is 112 cm³/mol. The number of rotatable bonds is 9. The van der Waals surface area contributed by atoms with Gasteiger partial charge in [0.15, 0.2) is 11.5 Å². The molecule has 1 atom stereocenters. The number of nitrogens with one attached hydrogen (secondary N) is 2. The number of carbonyl (C=O) groups excluding carboxylic acids is 2. The largest absolute Gasteiger partial charge is 0.490 e. The molecular formula is C22H28N2O5. The summed E-state index contributed by atoms with van der Waals surface area (Å²) in [5.41, 5.74) is 1.95. The van der Waals surface area contributed by atoms with Crippen molar-refractivity contribution in [3.05, 3.63) is 53.6 Å². The van der Waals surface area contributed by atoms with Gasteiger partial charge in [-0.1, -0.05) is 6.07 Å². The fourth-order valence-electron chi connectivity index (χ4n) is 2.69. The third-order valence-corrected chi connectivity index (χ3v) is 4.08. The second-order valence-corrected chi connectivity index (χ2v) is 6.19. The van der Waals surface area contributed by atoms with Crippen molar-refractivity contribution in [2.24, 2.45) is 0 Å². The molecule has 2 aromatic carbocycles. The molecule has 29 heavy (non-hydrogen) atoms. The van der Waals surface area contributed by atoms with Crippen LogP contribution in [0.3, 0.4) is 0 Å². The Morgan fingerprint density at radius 2 is 1.55 bits per heavy atom. The Balaban J connectivity index is 2.04. The van der Waals surface area contributed by atoms with Crippen molar-refractivity contribution in [3.63, 3.8) is 0 Å². The Labute approximate surface area is 171 Å². The van der Waals surface area contributed by atoms with Gasteiger partial charge in [0.05, 0.1) is 25.9 Å². The van der Waals surface area contributed by atoms with Crippen LogP contribution in [0.25, 0.3) is 0 Å². The summed E-state index contributed by atoms with van der Waals surface area (Å²) in [4.78, 5) is 24.0. The Kier molecular flexibility index (Phi) is 8.33. The van der Waals surface area contributed by atoms with E-state index in [2.05, 4.69) is 10.6 Å². The smallest absolute Gasteiger partial charge is 0.411 e. The van der Waals surface area contributed by atoms with Gasteiger partial charge in [0, 0.05) is 11.3 Å². The lowest BCUT2D eigenvalue weighted by Gasteiger charge is -2.17. The van der Waals surface area contributed by atoms with Gasteiger partial charge in [0.25, 0.3) is 5.91 Å². The molecule has 2 N–H and O–H groups in total. The molecule has 0 aliphatic carbocycles. The molecule has 0 aliphatic heterocycles. The van der Waals surface area contributed by atoms with Crippen LogP contribution >= 0.6 is 0 Å². The molecule has 0 fully saturated rings. The Hall–Kier alpha value is -3.22. The van der Waals surface area contributed by atoms with E-state index >= 15 is 0 Å². The average molecular weight is 400 g/mol. The van der Waals surface area contributed by atoms with Gasteiger partial charge in [0.2, 0.25) is 0 Å². The summed E-state index contributed by atoms with van der Waals surface area (Å²) in [5.74, 6) is 1.12. The molecule has 0 unspecified atom stereocenters. The van der Waals surface area contributed by atoms with E-state index < -0.39 is 6.09 Å². The first kappa shape index (κ1) is 22.1. The Bertz CT molecular complexity index is 820. The van der Waals surface area contributed by atoms with Crippen LogP contribution in [-0.2, 0) is 4.74 Å². The SMILES string of the molecule is CCOC(=O)Nc1ccc(C(=O)N[C@H](C)c2ccc(OCC)c(OCC)c2)cc1. The van der Waals surface area contributed by atoms with E-state index in [9.17, 15) is 9.59 Å². The van der Waals surface area contributed by atoms with Gasteiger partial charge in [-0.05, 0) is 69.7 Å². The highest BCUT2D eigenvalue weighted by molar-refractivity contribution is 5.95. The second kappa shape index (κ2) is 10.9. The maximum absolute atomic E-state index is 12.6. The average Bonchev–Trinajstić information content (AvgIpc) is 2.70. The highest BCUT2D eigenvalue weighted by Crippen LogP contribution is 2.30. The summed E-state index contributed by atoms with van der Waals surface area (Å²) >= 11 is 0. The van der Waals surface area contributed by atoms with Crippen LogP contribution in [0, 0.1) is 0 Å². The molecule has 7 nitrogen and oxygen atoms in total. The van der Waals surface area contributed by atoms with E-state index in [-0.39, 0.29) is 11.9 Å². The minimum atomic E-state index is -0.529. The highest BCUT2D eigenvalue weighted by atomic mass is 16.5. The van der Waals surface area contributed by atoms with E-state index in [1.54, 1.807) is 31.2 Å². The monoisotopic (exact) mass is 400 g/mol. The maximum Gasteiger partial charge on any atom is 0.411 e. The zero-order chi connectivity index (χ0) is 21.2. The third kappa shape index (κ3) is 6.41. The van der Waals surface area contributed by atoms with E-state index in [1.807, 2.05) is 39.0 Å². The van der Waals surface area contributed by atoms with Crippen molar-refractivity contribution < 1.29 is 23.8 Å². The van der Waals surface area contributed by atoms with Crippen LogP contribution in [0.5, 0.6) is 11.5 Å². The van der Waals surface area contributed by atoms with Crippen molar-refractivity contribution in [1.29, 1.82) is 0 Å². The number of benzene rings is 2. The molecule has 2 aromatic rings. The minimum absolute atomic E-state index is 0.216. The lowest BCUT2D eigenvalue weighted by Crippen LogP contribution is -2.26. The van der Waals surface area contributed by atoms with E-state index in [0.29, 0.717) is 42.6 Å². The molecule has 0 radical (unpaired) electrons. The van der Waals surface area contributed by atoms with Gasteiger partial charge in [-0.25, -0.2) is 4.79 Å². The van der Waals surface area contributed by atoms with E-state index in [0.717, 1.165) is 5.56 Å². The fourth-order valence-corrected chi connectivity index (χ4v) is 2.69. The zero-order valence-corrected chi connectivity index (χ0v) is 17.3. The molecule has 0 aliphatic rings. The first-order valence-electron chi connectivity index (χ1n) is 9.72. The fraction of sp³-hybridized carbons (Fsp3) is 0.364. The highest BCUT2D eigenvalue weighted by Gasteiger charge is 2.14. The Morgan fingerprint density at radius 1 is 0.897 bits per heavy atom. The predicted octanol–water partition coefficient (Wildman–Crippen LogP) is 4.54.